The number of piperidine rings is 1. The van der Waals surface area contributed by atoms with Gasteiger partial charge in [0.1, 0.15) is 11.3 Å². The summed E-state index contributed by atoms with van der Waals surface area (Å²) in [6, 6.07) is 15.3. The van der Waals surface area contributed by atoms with Crippen molar-refractivity contribution in [2.75, 3.05) is 25.1 Å². The number of hydrogen-bond acceptors (Lipinski definition) is 5. The van der Waals surface area contributed by atoms with Gasteiger partial charge in [0, 0.05) is 26.6 Å². The SMILES string of the molecule is COc1cccc(C2CCN(c3nc(Cc4cc(C(C)(C)C)ccc4C)c4c(ncn4C)n3)CC2)c1. The number of rotatable bonds is 5. The largest absolute Gasteiger partial charge is 0.497 e. The quantitative estimate of drug-likeness (QED) is 0.351. The predicted molar refractivity (Wildman–Crippen MR) is 146 cm³/mol. The molecule has 1 fully saturated rings. The van der Waals surface area contributed by atoms with Crippen molar-refractivity contribution in [3.05, 3.63) is 76.7 Å². The van der Waals surface area contributed by atoms with Crippen LogP contribution in [0.5, 0.6) is 5.75 Å². The zero-order valence-corrected chi connectivity index (χ0v) is 22.4. The molecule has 0 unspecified atom stereocenters. The van der Waals surface area contributed by atoms with Crippen LogP contribution in [-0.2, 0) is 18.9 Å². The molecular formula is C30H37N5O. The molecule has 1 aliphatic heterocycles. The van der Waals surface area contributed by atoms with Crippen LogP contribution in [0.25, 0.3) is 11.2 Å². The summed E-state index contributed by atoms with van der Waals surface area (Å²) in [4.78, 5) is 17.0. The second-order valence-electron chi connectivity index (χ2n) is 11.1. The molecule has 2 aromatic heterocycles. The summed E-state index contributed by atoms with van der Waals surface area (Å²) in [5.41, 5.74) is 8.24. The normalized spacial score (nSPS) is 15.0. The minimum atomic E-state index is 0.105. The van der Waals surface area contributed by atoms with Crippen molar-refractivity contribution in [1.29, 1.82) is 0 Å². The maximum Gasteiger partial charge on any atom is 0.227 e. The van der Waals surface area contributed by atoms with Crippen molar-refractivity contribution >= 4 is 17.1 Å². The minimum absolute atomic E-state index is 0.105. The van der Waals surface area contributed by atoms with E-state index < -0.39 is 0 Å². The summed E-state index contributed by atoms with van der Waals surface area (Å²) in [5, 5.41) is 0. The highest BCUT2D eigenvalue weighted by molar-refractivity contribution is 5.75. The molecule has 36 heavy (non-hydrogen) atoms. The van der Waals surface area contributed by atoms with Gasteiger partial charge >= 0.3 is 0 Å². The van der Waals surface area contributed by atoms with Crippen LogP contribution in [0.3, 0.4) is 0 Å². The number of benzene rings is 2. The van der Waals surface area contributed by atoms with Crippen molar-refractivity contribution in [3.8, 4) is 5.75 Å². The second-order valence-corrected chi connectivity index (χ2v) is 11.1. The van der Waals surface area contributed by atoms with Gasteiger partial charge in [0.25, 0.3) is 0 Å². The van der Waals surface area contributed by atoms with Gasteiger partial charge in [0.05, 0.1) is 19.1 Å². The van der Waals surface area contributed by atoms with Gasteiger partial charge in [-0.05, 0) is 65.5 Å². The molecule has 0 bridgehead atoms. The topological polar surface area (TPSA) is 56.1 Å². The maximum absolute atomic E-state index is 5.44. The predicted octanol–water partition coefficient (Wildman–Crippen LogP) is 5.95. The average Bonchev–Trinajstić information content (AvgIpc) is 3.25. The summed E-state index contributed by atoms with van der Waals surface area (Å²) in [5.74, 6) is 2.25. The molecule has 0 N–H and O–H groups in total. The lowest BCUT2D eigenvalue weighted by molar-refractivity contribution is 0.412. The van der Waals surface area contributed by atoms with Crippen LogP contribution in [0.1, 0.15) is 67.5 Å². The summed E-state index contributed by atoms with van der Waals surface area (Å²) >= 11 is 0. The first-order chi connectivity index (χ1) is 17.2. The first kappa shape index (κ1) is 24.3. The van der Waals surface area contributed by atoms with Gasteiger partial charge in [0.2, 0.25) is 5.95 Å². The minimum Gasteiger partial charge on any atom is -0.497 e. The standard InChI is InChI=1S/C30H37N5O/c1-20-10-11-24(30(2,3)4)16-23(20)18-26-27-28(31-19-34(27)5)33-29(32-26)35-14-12-21(13-15-35)22-8-7-9-25(17-22)36-6/h7-11,16-17,19,21H,12-15,18H2,1-6H3. The van der Waals surface area contributed by atoms with Crippen molar-refractivity contribution in [1.82, 2.24) is 19.5 Å². The molecule has 2 aromatic carbocycles. The van der Waals surface area contributed by atoms with Crippen LogP contribution in [0, 0.1) is 6.92 Å². The first-order valence-corrected chi connectivity index (χ1v) is 12.9. The smallest absolute Gasteiger partial charge is 0.227 e. The number of fused-ring (bicyclic) bond motifs is 1. The maximum atomic E-state index is 5.44. The molecular weight excluding hydrogens is 446 g/mol. The first-order valence-electron chi connectivity index (χ1n) is 12.9. The fraction of sp³-hybridized carbons (Fsp3) is 0.433. The summed E-state index contributed by atoms with van der Waals surface area (Å²) in [7, 11) is 3.76. The molecule has 5 rings (SSSR count). The Hall–Kier alpha value is -3.41. The molecule has 6 heteroatoms. The highest BCUT2D eigenvalue weighted by Crippen LogP contribution is 2.32. The highest BCUT2D eigenvalue weighted by atomic mass is 16.5. The van der Waals surface area contributed by atoms with E-state index in [1.807, 2.05) is 24.0 Å². The van der Waals surface area contributed by atoms with Gasteiger partial charge in [-0.1, -0.05) is 51.1 Å². The van der Waals surface area contributed by atoms with Crippen LogP contribution >= 0.6 is 0 Å². The lowest BCUT2D eigenvalue weighted by Crippen LogP contribution is -2.34. The second kappa shape index (κ2) is 9.57. The number of anilines is 1. The zero-order valence-electron chi connectivity index (χ0n) is 22.4. The summed E-state index contributed by atoms with van der Waals surface area (Å²) in [6.07, 6.45) is 4.75. The Morgan fingerprint density at radius 2 is 1.81 bits per heavy atom. The van der Waals surface area contributed by atoms with Crippen molar-refractivity contribution in [2.45, 2.75) is 58.3 Å². The number of ether oxygens (including phenoxy) is 1. The van der Waals surface area contributed by atoms with Crippen molar-refractivity contribution in [3.63, 3.8) is 0 Å². The van der Waals surface area contributed by atoms with Crippen LogP contribution in [0.4, 0.5) is 5.95 Å². The third kappa shape index (κ3) is 4.81. The molecule has 6 nitrogen and oxygen atoms in total. The fourth-order valence-corrected chi connectivity index (χ4v) is 5.21. The van der Waals surface area contributed by atoms with Crippen LogP contribution in [0.15, 0.2) is 48.8 Å². The van der Waals surface area contributed by atoms with Gasteiger partial charge < -0.3 is 14.2 Å². The summed E-state index contributed by atoms with van der Waals surface area (Å²) < 4.78 is 7.48. The van der Waals surface area contributed by atoms with Crippen molar-refractivity contribution < 1.29 is 4.74 Å². The van der Waals surface area contributed by atoms with Gasteiger partial charge in [-0.15, -0.1) is 0 Å². The van der Waals surface area contributed by atoms with E-state index in [1.54, 1.807) is 7.11 Å². The molecule has 0 amide bonds. The number of imidazole rings is 1. The number of nitrogens with zero attached hydrogens (tertiary/aromatic N) is 5. The molecule has 188 valence electrons. The van der Waals surface area contributed by atoms with Gasteiger partial charge in [-0.25, -0.2) is 9.97 Å². The highest BCUT2D eigenvalue weighted by Gasteiger charge is 2.25. The monoisotopic (exact) mass is 483 g/mol. The third-order valence-corrected chi connectivity index (χ3v) is 7.55. The van der Waals surface area contributed by atoms with Crippen LogP contribution in [-0.4, -0.2) is 39.7 Å². The molecule has 1 saturated heterocycles. The van der Waals surface area contributed by atoms with Gasteiger partial charge in [0.15, 0.2) is 5.65 Å². The van der Waals surface area contributed by atoms with E-state index >= 15 is 0 Å². The zero-order chi connectivity index (χ0) is 25.4. The Morgan fingerprint density at radius 1 is 1.03 bits per heavy atom. The summed E-state index contributed by atoms with van der Waals surface area (Å²) in [6.45, 7) is 10.8. The number of aryl methyl sites for hydroxylation is 2. The molecule has 0 spiro atoms. The van der Waals surface area contributed by atoms with E-state index in [1.165, 1.54) is 22.3 Å². The Kier molecular flexibility index (Phi) is 6.45. The van der Waals surface area contributed by atoms with Crippen LogP contribution in [0.2, 0.25) is 0 Å². The number of aromatic nitrogens is 4. The Bertz CT molecular complexity index is 1380. The van der Waals surface area contributed by atoms with E-state index in [4.69, 9.17) is 14.7 Å². The van der Waals surface area contributed by atoms with Crippen molar-refractivity contribution in [2.24, 2.45) is 7.05 Å². The lowest BCUT2D eigenvalue weighted by atomic mass is 9.84. The molecule has 3 heterocycles. The molecule has 0 saturated carbocycles. The Labute approximate surface area is 214 Å². The number of hydrogen-bond donors (Lipinski definition) is 0. The fourth-order valence-electron chi connectivity index (χ4n) is 5.21. The molecule has 4 aromatic rings. The van der Waals surface area contributed by atoms with E-state index in [9.17, 15) is 0 Å². The van der Waals surface area contributed by atoms with Gasteiger partial charge in [-0.3, -0.25) is 0 Å². The Morgan fingerprint density at radius 3 is 2.53 bits per heavy atom. The average molecular weight is 484 g/mol. The molecule has 1 aliphatic rings. The lowest BCUT2D eigenvalue weighted by Gasteiger charge is -2.32. The van der Waals surface area contributed by atoms with Gasteiger partial charge in [-0.2, -0.15) is 4.98 Å². The van der Waals surface area contributed by atoms with E-state index in [0.29, 0.717) is 5.92 Å². The van der Waals surface area contributed by atoms with E-state index in [2.05, 4.69) is 74.0 Å². The molecule has 0 aliphatic carbocycles. The Balaban J connectivity index is 1.43. The molecule has 0 atom stereocenters. The third-order valence-electron chi connectivity index (χ3n) is 7.55. The molecule has 0 radical (unpaired) electrons. The van der Waals surface area contributed by atoms with E-state index in [0.717, 1.165) is 60.9 Å². The van der Waals surface area contributed by atoms with E-state index in [-0.39, 0.29) is 5.41 Å². The number of methoxy groups -OCH3 is 1. The van der Waals surface area contributed by atoms with Crippen LogP contribution < -0.4 is 9.64 Å².